The Balaban J connectivity index is 1.35. The zero-order valence-corrected chi connectivity index (χ0v) is 17.7. The molecular formula is C26H26N4O. The number of aromatic nitrogens is 3. The van der Waals surface area contributed by atoms with Crippen LogP contribution < -0.4 is 5.56 Å². The average Bonchev–Trinajstić information content (AvgIpc) is 2.80. The molecule has 0 aliphatic carbocycles. The highest BCUT2D eigenvalue weighted by atomic mass is 16.1. The van der Waals surface area contributed by atoms with Gasteiger partial charge in [0, 0.05) is 31.4 Å². The van der Waals surface area contributed by atoms with E-state index in [0.29, 0.717) is 5.39 Å². The second kappa shape index (κ2) is 8.44. The lowest BCUT2D eigenvalue weighted by molar-refractivity contribution is 0.196. The van der Waals surface area contributed by atoms with E-state index in [-0.39, 0.29) is 11.5 Å². The van der Waals surface area contributed by atoms with Gasteiger partial charge in [0.05, 0.1) is 10.9 Å². The van der Waals surface area contributed by atoms with Crippen molar-refractivity contribution in [3.63, 3.8) is 0 Å². The second-order valence-electron chi connectivity index (χ2n) is 8.49. The van der Waals surface area contributed by atoms with Crippen LogP contribution in [0.3, 0.4) is 0 Å². The molecule has 2 aromatic heterocycles. The standard InChI is InChI=1S/C26H26N4O/c1-18-9-10-24-23(13-18)26(31)29-25(28-24)22-8-4-12-30(17-22)16-19-5-2-6-20(14-19)21-7-3-11-27-15-21/h2-3,5-7,9-11,13-15,22H,4,8,12,16-17H2,1H3,(H,28,29,31). The summed E-state index contributed by atoms with van der Waals surface area (Å²) in [5, 5.41) is 0.670. The van der Waals surface area contributed by atoms with Crippen molar-refractivity contribution in [2.45, 2.75) is 32.2 Å². The van der Waals surface area contributed by atoms with E-state index in [1.165, 1.54) is 11.1 Å². The summed E-state index contributed by atoms with van der Waals surface area (Å²) in [7, 11) is 0. The van der Waals surface area contributed by atoms with Crippen LogP contribution in [0.2, 0.25) is 0 Å². The average molecular weight is 411 g/mol. The van der Waals surface area contributed by atoms with Crippen molar-refractivity contribution in [1.29, 1.82) is 0 Å². The Morgan fingerprint density at radius 1 is 1.10 bits per heavy atom. The lowest BCUT2D eigenvalue weighted by Crippen LogP contribution is -2.35. The highest BCUT2D eigenvalue weighted by Crippen LogP contribution is 2.27. The molecule has 1 aliphatic rings. The van der Waals surface area contributed by atoms with Gasteiger partial charge in [-0.05, 0) is 67.3 Å². The number of hydrogen-bond acceptors (Lipinski definition) is 4. The number of piperidine rings is 1. The summed E-state index contributed by atoms with van der Waals surface area (Å²) in [6, 6.07) is 18.6. The molecule has 4 aromatic rings. The van der Waals surface area contributed by atoms with Gasteiger partial charge in [-0.3, -0.25) is 14.7 Å². The molecule has 2 aromatic carbocycles. The number of likely N-dealkylation sites (tertiary alicyclic amines) is 1. The number of nitrogens with zero attached hydrogens (tertiary/aromatic N) is 3. The predicted molar refractivity (Wildman–Crippen MR) is 124 cm³/mol. The van der Waals surface area contributed by atoms with Crippen molar-refractivity contribution in [2.75, 3.05) is 13.1 Å². The number of H-pyrrole nitrogens is 1. The predicted octanol–water partition coefficient (Wildman–Crippen LogP) is 4.67. The van der Waals surface area contributed by atoms with Gasteiger partial charge in [0.15, 0.2) is 0 Å². The highest BCUT2D eigenvalue weighted by molar-refractivity contribution is 5.78. The van der Waals surface area contributed by atoms with Crippen LogP contribution >= 0.6 is 0 Å². The molecule has 31 heavy (non-hydrogen) atoms. The van der Waals surface area contributed by atoms with E-state index in [1.54, 1.807) is 6.20 Å². The largest absolute Gasteiger partial charge is 0.310 e. The first-order valence-electron chi connectivity index (χ1n) is 10.9. The third-order valence-electron chi connectivity index (χ3n) is 6.10. The molecule has 1 atom stereocenters. The fraction of sp³-hybridized carbons (Fsp3) is 0.269. The fourth-order valence-electron chi connectivity index (χ4n) is 4.53. The van der Waals surface area contributed by atoms with E-state index >= 15 is 0 Å². The smallest absolute Gasteiger partial charge is 0.258 e. The zero-order valence-electron chi connectivity index (χ0n) is 17.7. The van der Waals surface area contributed by atoms with Crippen molar-refractivity contribution in [3.8, 4) is 11.1 Å². The number of aromatic amines is 1. The molecule has 1 aliphatic heterocycles. The van der Waals surface area contributed by atoms with Gasteiger partial charge in [-0.1, -0.05) is 35.9 Å². The van der Waals surface area contributed by atoms with Gasteiger partial charge in [0.2, 0.25) is 0 Å². The molecule has 1 fully saturated rings. The molecule has 1 saturated heterocycles. The molecule has 0 spiro atoms. The monoisotopic (exact) mass is 410 g/mol. The van der Waals surface area contributed by atoms with Crippen LogP contribution in [0, 0.1) is 6.92 Å². The Hall–Kier alpha value is -3.31. The molecular weight excluding hydrogens is 384 g/mol. The second-order valence-corrected chi connectivity index (χ2v) is 8.49. The van der Waals surface area contributed by atoms with Crippen LogP contribution in [0.15, 0.2) is 71.8 Å². The van der Waals surface area contributed by atoms with Crippen molar-refractivity contribution in [3.05, 3.63) is 94.3 Å². The van der Waals surface area contributed by atoms with Crippen LogP contribution in [0.25, 0.3) is 22.0 Å². The summed E-state index contributed by atoms with van der Waals surface area (Å²) in [5.74, 6) is 1.06. The van der Waals surface area contributed by atoms with E-state index in [0.717, 1.165) is 54.9 Å². The van der Waals surface area contributed by atoms with Crippen molar-refractivity contribution < 1.29 is 0 Å². The number of nitrogens with one attached hydrogen (secondary N) is 1. The number of aryl methyl sites for hydroxylation is 1. The molecule has 5 heteroatoms. The Bertz CT molecular complexity index is 1270. The first-order chi connectivity index (χ1) is 15.2. The molecule has 1 unspecified atom stereocenters. The van der Waals surface area contributed by atoms with Crippen LogP contribution in [0.5, 0.6) is 0 Å². The SMILES string of the molecule is Cc1ccc2nc(C3CCCN(Cc4cccc(-c5cccnc5)c4)C3)[nH]c(=O)c2c1. The molecule has 5 nitrogen and oxygen atoms in total. The zero-order chi connectivity index (χ0) is 21.2. The van der Waals surface area contributed by atoms with Gasteiger partial charge in [-0.2, -0.15) is 0 Å². The van der Waals surface area contributed by atoms with Crippen molar-refractivity contribution in [1.82, 2.24) is 19.9 Å². The van der Waals surface area contributed by atoms with Crippen LogP contribution in [0.4, 0.5) is 0 Å². The van der Waals surface area contributed by atoms with E-state index in [1.807, 2.05) is 37.4 Å². The maximum absolute atomic E-state index is 12.6. The van der Waals surface area contributed by atoms with Gasteiger partial charge in [-0.25, -0.2) is 4.98 Å². The minimum Gasteiger partial charge on any atom is -0.310 e. The topological polar surface area (TPSA) is 61.9 Å². The van der Waals surface area contributed by atoms with Gasteiger partial charge in [0.1, 0.15) is 5.82 Å². The summed E-state index contributed by atoms with van der Waals surface area (Å²) in [6.07, 6.45) is 5.85. The van der Waals surface area contributed by atoms with Gasteiger partial charge >= 0.3 is 0 Å². The van der Waals surface area contributed by atoms with Crippen LogP contribution in [-0.2, 0) is 6.54 Å². The summed E-state index contributed by atoms with van der Waals surface area (Å²) >= 11 is 0. The minimum atomic E-state index is -0.0370. The first kappa shape index (κ1) is 19.6. The lowest BCUT2D eigenvalue weighted by atomic mass is 9.96. The summed E-state index contributed by atoms with van der Waals surface area (Å²) in [4.78, 5) is 27.2. The molecule has 3 heterocycles. The quantitative estimate of drug-likeness (QED) is 0.531. The van der Waals surface area contributed by atoms with Gasteiger partial charge in [-0.15, -0.1) is 0 Å². The maximum atomic E-state index is 12.6. The molecule has 0 saturated carbocycles. The van der Waals surface area contributed by atoms with E-state index in [2.05, 4.69) is 45.2 Å². The number of rotatable bonds is 4. The van der Waals surface area contributed by atoms with E-state index in [4.69, 9.17) is 4.98 Å². The number of pyridine rings is 1. The third-order valence-corrected chi connectivity index (χ3v) is 6.10. The Kier molecular flexibility index (Phi) is 5.35. The number of hydrogen-bond donors (Lipinski definition) is 1. The summed E-state index contributed by atoms with van der Waals surface area (Å²) < 4.78 is 0. The molecule has 1 N–H and O–H groups in total. The van der Waals surface area contributed by atoms with Gasteiger partial charge < -0.3 is 4.98 Å². The minimum absolute atomic E-state index is 0.0370. The normalized spacial score (nSPS) is 17.1. The maximum Gasteiger partial charge on any atom is 0.258 e. The summed E-state index contributed by atoms with van der Waals surface area (Å²) in [6.45, 7) is 4.85. The first-order valence-corrected chi connectivity index (χ1v) is 10.9. The van der Waals surface area contributed by atoms with Crippen LogP contribution in [-0.4, -0.2) is 32.9 Å². The van der Waals surface area contributed by atoms with Crippen molar-refractivity contribution in [2.24, 2.45) is 0 Å². The Morgan fingerprint density at radius 3 is 2.87 bits per heavy atom. The molecule has 5 rings (SSSR count). The number of fused-ring (bicyclic) bond motifs is 1. The molecule has 0 amide bonds. The van der Waals surface area contributed by atoms with Crippen LogP contribution in [0.1, 0.15) is 35.7 Å². The van der Waals surface area contributed by atoms with Crippen molar-refractivity contribution >= 4 is 10.9 Å². The Morgan fingerprint density at radius 2 is 2.00 bits per heavy atom. The molecule has 0 bridgehead atoms. The number of benzene rings is 2. The molecule has 156 valence electrons. The van der Waals surface area contributed by atoms with E-state index < -0.39 is 0 Å². The lowest BCUT2D eigenvalue weighted by Gasteiger charge is -2.32. The van der Waals surface area contributed by atoms with E-state index in [9.17, 15) is 4.79 Å². The fourth-order valence-corrected chi connectivity index (χ4v) is 4.53. The molecule has 0 radical (unpaired) electrons. The van der Waals surface area contributed by atoms with Gasteiger partial charge in [0.25, 0.3) is 5.56 Å². The summed E-state index contributed by atoms with van der Waals surface area (Å²) in [5.41, 5.74) is 5.43. The Labute approximate surface area is 181 Å². The highest BCUT2D eigenvalue weighted by Gasteiger charge is 2.24. The third kappa shape index (κ3) is 4.28.